The summed E-state index contributed by atoms with van der Waals surface area (Å²) in [5.41, 5.74) is 1.75. The average molecular weight is 353 g/mol. The largest absolute Gasteiger partial charge is 0.478 e. The topological polar surface area (TPSA) is 68.0 Å². The Kier molecular flexibility index (Phi) is 3.19. The zero-order valence-electron chi connectivity index (χ0n) is 9.92. The molecule has 0 bridgehead atoms. The predicted molar refractivity (Wildman–Crippen MR) is 78.5 cm³/mol. The minimum atomic E-state index is -1.03. The summed E-state index contributed by atoms with van der Waals surface area (Å²) in [5.74, 6) is -1.03. The van der Waals surface area contributed by atoms with E-state index in [2.05, 4.69) is 26.2 Å². The minimum absolute atomic E-state index is 0.145. The number of carboxylic acids is 1. The molecule has 5 nitrogen and oxygen atoms in total. The minimum Gasteiger partial charge on any atom is -0.478 e. The van der Waals surface area contributed by atoms with E-state index >= 15 is 0 Å². The van der Waals surface area contributed by atoms with Gasteiger partial charge in [0, 0.05) is 4.47 Å². The summed E-state index contributed by atoms with van der Waals surface area (Å²) in [6.07, 6.45) is 0. The lowest BCUT2D eigenvalue weighted by molar-refractivity contribution is 0.0698. The van der Waals surface area contributed by atoms with Gasteiger partial charge < -0.3 is 5.11 Å². The van der Waals surface area contributed by atoms with Gasteiger partial charge in [0.05, 0.1) is 16.3 Å². The number of carbonyl (C=O) groups is 1. The second-order valence-electron chi connectivity index (χ2n) is 4.08. The second-order valence-corrected chi connectivity index (χ2v) is 5.34. The maximum Gasteiger partial charge on any atom is 0.337 e. The molecule has 0 aliphatic rings. The predicted octanol–water partition coefficient (Wildman–Crippen LogP) is 3.53. The van der Waals surface area contributed by atoms with Gasteiger partial charge in [0.2, 0.25) is 0 Å². The fraction of sp³-hybridized carbons (Fsp3) is 0. The van der Waals surface area contributed by atoms with E-state index < -0.39 is 5.97 Å². The Balaban J connectivity index is 2.31. The lowest BCUT2D eigenvalue weighted by Crippen LogP contribution is -2.03. The van der Waals surface area contributed by atoms with E-state index in [-0.39, 0.29) is 5.56 Å². The summed E-state index contributed by atoms with van der Waals surface area (Å²) in [4.78, 5) is 11.3. The molecule has 0 aliphatic carbocycles. The van der Waals surface area contributed by atoms with Crippen molar-refractivity contribution in [1.29, 1.82) is 0 Å². The molecule has 0 radical (unpaired) electrons. The van der Waals surface area contributed by atoms with Crippen LogP contribution in [-0.2, 0) is 0 Å². The molecule has 0 saturated carbocycles. The van der Waals surface area contributed by atoms with Gasteiger partial charge in [-0.25, -0.2) is 9.48 Å². The lowest BCUT2D eigenvalue weighted by Gasteiger charge is -2.05. The zero-order valence-corrected chi connectivity index (χ0v) is 12.3. The van der Waals surface area contributed by atoms with Crippen LogP contribution in [0.2, 0.25) is 5.02 Å². The highest BCUT2D eigenvalue weighted by Gasteiger charge is 2.16. The number of hydrogen-bond donors (Lipinski definition) is 1. The summed E-state index contributed by atoms with van der Waals surface area (Å²) in [5, 5.41) is 17.8. The van der Waals surface area contributed by atoms with E-state index in [1.54, 1.807) is 30.3 Å². The Morgan fingerprint density at radius 2 is 2.10 bits per heavy atom. The molecule has 20 heavy (non-hydrogen) atoms. The Bertz CT molecular complexity index is 832. The fourth-order valence-electron chi connectivity index (χ4n) is 1.94. The van der Waals surface area contributed by atoms with E-state index in [4.69, 9.17) is 11.6 Å². The highest BCUT2D eigenvalue weighted by Crippen LogP contribution is 2.27. The van der Waals surface area contributed by atoms with E-state index in [0.717, 1.165) is 4.47 Å². The third kappa shape index (κ3) is 2.07. The van der Waals surface area contributed by atoms with Crippen molar-refractivity contribution in [3.05, 3.63) is 51.5 Å². The number of aromatic nitrogens is 3. The number of halogens is 2. The maximum absolute atomic E-state index is 11.3. The van der Waals surface area contributed by atoms with Crippen LogP contribution in [0.15, 0.2) is 40.9 Å². The van der Waals surface area contributed by atoms with Gasteiger partial charge in [-0.05, 0) is 46.3 Å². The van der Waals surface area contributed by atoms with Gasteiger partial charge in [0.25, 0.3) is 0 Å². The highest BCUT2D eigenvalue weighted by molar-refractivity contribution is 9.10. The zero-order chi connectivity index (χ0) is 14.3. The van der Waals surface area contributed by atoms with Gasteiger partial charge in [0.15, 0.2) is 0 Å². The molecule has 0 aliphatic heterocycles. The first kappa shape index (κ1) is 13.1. The molecule has 0 atom stereocenters. The number of hydrogen-bond acceptors (Lipinski definition) is 3. The van der Waals surface area contributed by atoms with Gasteiger partial charge in [-0.3, -0.25) is 0 Å². The molecule has 3 rings (SSSR count). The van der Waals surface area contributed by atoms with Crippen LogP contribution >= 0.6 is 27.5 Å². The molecule has 0 spiro atoms. The fourth-order valence-corrected chi connectivity index (χ4v) is 2.36. The van der Waals surface area contributed by atoms with E-state index in [1.807, 2.05) is 0 Å². The summed E-state index contributed by atoms with van der Waals surface area (Å²) in [7, 11) is 0. The molecule has 2 aromatic carbocycles. The number of nitrogens with zero attached hydrogens (tertiary/aromatic N) is 3. The standard InChI is InChI=1S/C13H7BrClN3O2/c14-9-5-4-7(6-10(9)15)18-12-8(13(19)20)2-1-3-11(12)16-17-18/h1-6H,(H,19,20). The lowest BCUT2D eigenvalue weighted by atomic mass is 10.2. The molecule has 1 N–H and O–H groups in total. The van der Waals surface area contributed by atoms with E-state index in [0.29, 0.717) is 21.7 Å². The first-order valence-corrected chi connectivity index (χ1v) is 6.78. The molecule has 0 fully saturated rings. The maximum atomic E-state index is 11.3. The average Bonchev–Trinajstić information content (AvgIpc) is 2.85. The Morgan fingerprint density at radius 3 is 2.80 bits per heavy atom. The number of para-hydroxylation sites is 1. The summed E-state index contributed by atoms with van der Waals surface area (Å²) in [6.45, 7) is 0. The van der Waals surface area contributed by atoms with Crippen molar-refractivity contribution in [2.45, 2.75) is 0 Å². The van der Waals surface area contributed by atoms with Gasteiger partial charge >= 0.3 is 5.97 Å². The van der Waals surface area contributed by atoms with Crippen molar-refractivity contribution in [2.75, 3.05) is 0 Å². The summed E-state index contributed by atoms with van der Waals surface area (Å²) in [6, 6.07) is 10.1. The molecule has 0 amide bonds. The smallest absolute Gasteiger partial charge is 0.337 e. The number of rotatable bonds is 2. The molecule has 100 valence electrons. The van der Waals surface area contributed by atoms with Crippen molar-refractivity contribution in [3.63, 3.8) is 0 Å². The first-order chi connectivity index (χ1) is 9.58. The van der Waals surface area contributed by atoms with Crippen LogP contribution in [0.5, 0.6) is 0 Å². The molecule has 1 heterocycles. The van der Waals surface area contributed by atoms with Crippen LogP contribution in [0.1, 0.15) is 10.4 Å². The molecular formula is C13H7BrClN3O2. The van der Waals surface area contributed by atoms with Crippen LogP contribution in [-0.4, -0.2) is 26.1 Å². The molecule has 0 unspecified atom stereocenters. The van der Waals surface area contributed by atoms with Crippen LogP contribution in [0, 0.1) is 0 Å². The molecular weight excluding hydrogens is 346 g/mol. The second kappa shape index (κ2) is 4.88. The molecule has 7 heteroatoms. The normalized spacial score (nSPS) is 10.9. The van der Waals surface area contributed by atoms with Crippen LogP contribution < -0.4 is 0 Å². The van der Waals surface area contributed by atoms with Crippen LogP contribution in [0.3, 0.4) is 0 Å². The quantitative estimate of drug-likeness (QED) is 0.766. The van der Waals surface area contributed by atoms with Crippen molar-refractivity contribution in [1.82, 2.24) is 15.0 Å². The number of carboxylic acid groups (broad SMARTS) is 1. The van der Waals surface area contributed by atoms with Crippen LogP contribution in [0.25, 0.3) is 16.7 Å². The summed E-state index contributed by atoms with van der Waals surface area (Å²) >= 11 is 9.37. The van der Waals surface area contributed by atoms with E-state index in [9.17, 15) is 9.90 Å². The Hall–Kier alpha value is -1.92. The van der Waals surface area contributed by atoms with Crippen molar-refractivity contribution in [3.8, 4) is 5.69 Å². The van der Waals surface area contributed by atoms with Crippen LogP contribution in [0.4, 0.5) is 0 Å². The SMILES string of the molecule is O=C(O)c1cccc2nnn(-c3ccc(Br)c(Cl)c3)c12. The number of benzene rings is 2. The summed E-state index contributed by atoms with van der Waals surface area (Å²) < 4.78 is 2.22. The van der Waals surface area contributed by atoms with Crippen molar-refractivity contribution < 1.29 is 9.90 Å². The Morgan fingerprint density at radius 1 is 1.30 bits per heavy atom. The van der Waals surface area contributed by atoms with Gasteiger partial charge in [-0.1, -0.05) is 22.9 Å². The number of fused-ring (bicyclic) bond motifs is 1. The van der Waals surface area contributed by atoms with Gasteiger partial charge in [0.1, 0.15) is 11.0 Å². The molecule has 0 saturated heterocycles. The van der Waals surface area contributed by atoms with Gasteiger partial charge in [-0.15, -0.1) is 5.10 Å². The van der Waals surface area contributed by atoms with Gasteiger partial charge in [-0.2, -0.15) is 0 Å². The van der Waals surface area contributed by atoms with Crippen molar-refractivity contribution >= 4 is 44.5 Å². The Labute approximate surface area is 126 Å². The van der Waals surface area contributed by atoms with E-state index in [1.165, 1.54) is 10.7 Å². The molecule has 1 aromatic heterocycles. The highest BCUT2D eigenvalue weighted by atomic mass is 79.9. The third-order valence-corrected chi connectivity index (χ3v) is 4.08. The van der Waals surface area contributed by atoms with Crippen molar-refractivity contribution in [2.24, 2.45) is 0 Å². The molecule has 3 aromatic rings. The first-order valence-electron chi connectivity index (χ1n) is 5.61. The number of aromatic carboxylic acids is 1. The monoisotopic (exact) mass is 351 g/mol. The third-order valence-electron chi connectivity index (χ3n) is 2.85.